The maximum Gasteiger partial charge on any atom is 0.339 e. The average Bonchev–Trinajstić information content (AvgIpc) is 2.41. The highest BCUT2D eigenvalue weighted by Gasteiger charge is 2.26. The number of pyridine rings is 1. The number of hydrogen-bond acceptors (Lipinski definition) is 4. The van der Waals surface area contributed by atoms with E-state index in [0.29, 0.717) is 21.6 Å². The first kappa shape index (κ1) is 14.7. The number of thioether (sulfide) groups is 1. The van der Waals surface area contributed by atoms with Crippen LogP contribution in [0.1, 0.15) is 36.0 Å². The van der Waals surface area contributed by atoms with Gasteiger partial charge >= 0.3 is 5.97 Å². The van der Waals surface area contributed by atoms with Gasteiger partial charge in [-0.15, -0.1) is 0 Å². The zero-order chi connectivity index (χ0) is 13.8. The van der Waals surface area contributed by atoms with Crippen molar-refractivity contribution in [3.63, 3.8) is 0 Å². The fourth-order valence-corrected chi connectivity index (χ4v) is 3.70. The fourth-order valence-electron chi connectivity index (χ4n) is 2.44. The van der Waals surface area contributed by atoms with Crippen LogP contribution in [0.2, 0.25) is 0 Å². The van der Waals surface area contributed by atoms with Crippen LogP contribution in [0.3, 0.4) is 0 Å². The molecule has 0 saturated heterocycles. The minimum Gasteiger partial charge on any atom is -0.478 e. The van der Waals surface area contributed by atoms with E-state index in [9.17, 15) is 9.90 Å². The Bertz CT molecular complexity index is 470. The molecule has 2 N–H and O–H groups in total. The zero-order valence-electron chi connectivity index (χ0n) is 10.7. The monoisotopic (exact) mass is 344 g/mol. The van der Waals surface area contributed by atoms with Crippen molar-refractivity contribution >= 4 is 39.5 Å². The third kappa shape index (κ3) is 3.63. The predicted molar refractivity (Wildman–Crippen MR) is 82.1 cm³/mol. The van der Waals surface area contributed by atoms with Gasteiger partial charge in [0.2, 0.25) is 0 Å². The van der Waals surface area contributed by atoms with Crippen molar-refractivity contribution in [2.75, 3.05) is 11.6 Å². The van der Waals surface area contributed by atoms with Crippen LogP contribution in [0.15, 0.2) is 16.7 Å². The lowest BCUT2D eigenvalue weighted by molar-refractivity contribution is 0.0697. The number of aromatic nitrogens is 1. The Balaban J connectivity index is 2.20. The van der Waals surface area contributed by atoms with Gasteiger partial charge in [0.25, 0.3) is 0 Å². The van der Waals surface area contributed by atoms with Gasteiger partial charge in [0.05, 0.1) is 0 Å². The molecule has 0 aromatic carbocycles. The molecule has 19 heavy (non-hydrogen) atoms. The van der Waals surface area contributed by atoms with Gasteiger partial charge < -0.3 is 10.4 Å². The number of rotatable bonds is 4. The molecule has 1 aliphatic carbocycles. The molecule has 1 aromatic rings. The molecular weight excluding hydrogens is 328 g/mol. The van der Waals surface area contributed by atoms with Crippen LogP contribution in [0, 0.1) is 0 Å². The molecule has 0 radical (unpaired) electrons. The first-order valence-electron chi connectivity index (χ1n) is 6.30. The maximum absolute atomic E-state index is 11.3. The molecule has 0 spiro atoms. The van der Waals surface area contributed by atoms with Crippen LogP contribution in [0.25, 0.3) is 0 Å². The molecule has 0 aliphatic heterocycles. The van der Waals surface area contributed by atoms with Crippen molar-refractivity contribution in [1.82, 2.24) is 4.98 Å². The van der Waals surface area contributed by atoms with E-state index in [1.807, 2.05) is 11.8 Å². The first-order chi connectivity index (χ1) is 9.11. The summed E-state index contributed by atoms with van der Waals surface area (Å²) in [6.07, 6.45) is 8.43. The van der Waals surface area contributed by atoms with E-state index in [2.05, 4.69) is 32.5 Å². The Morgan fingerprint density at radius 2 is 2.26 bits per heavy atom. The average molecular weight is 345 g/mol. The van der Waals surface area contributed by atoms with Crippen LogP contribution < -0.4 is 5.32 Å². The molecule has 2 unspecified atom stereocenters. The topological polar surface area (TPSA) is 62.2 Å². The van der Waals surface area contributed by atoms with Gasteiger partial charge in [-0.25, -0.2) is 9.78 Å². The number of hydrogen-bond donors (Lipinski definition) is 2. The molecule has 1 aromatic heterocycles. The molecule has 6 heteroatoms. The molecular formula is C13H17BrN2O2S. The lowest BCUT2D eigenvalue weighted by Gasteiger charge is -2.31. The van der Waals surface area contributed by atoms with E-state index >= 15 is 0 Å². The Morgan fingerprint density at radius 1 is 1.53 bits per heavy atom. The van der Waals surface area contributed by atoms with Gasteiger partial charge in [-0.1, -0.05) is 12.8 Å². The van der Waals surface area contributed by atoms with Gasteiger partial charge in [-0.05, 0) is 41.1 Å². The molecule has 2 rings (SSSR count). The van der Waals surface area contributed by atoms with Gasteiger partial charge in [0, 0.05) is 22.0 Å². The lowest BCUT2D eigenvalue weighted by atomic mass is 9.94. The number of carbonyl (C=O) groups is 1. The number of nitrogens with zero attached hydrogens (tertiary/aromatic N) is 1. The quantitative estimate of drug-likeness (QED) is 0.873. The van der Waals surface area contributed by atoms with Crippen molar-refractivity contribution in [2.24, 2.45) is 0 Å². The normalized spacial score (nSPS) is 23.1. The number of carboxylic acids is 1. The molecule has 1 aliphatic rings. The zero-order valence-corrected chi connectivity index (χ0v) is 13.1. The minimum atomic E-state index is -0.951. The summed E-state index contributed by atoms with van der Waals surface area (Å²) in [5, 5.41) is 13.1. The largest absolute Gasteiger partial charge is 0.478 e. The second kappa shape index (κ2) is 6.61. The molecule has 1 heterocycles. The van der Waals surface area contributed by atoms with Gasteiger partial charge in [-0.3, -0.25) is 0 Å². The van der Waals surface area contributed by atoms with Crippen molar-refractivity contribution < 1.29 is 9.90 Å². The first-order valence-corrected chi connectivity index (χ1v) is 8.38. The summed E-state index contributed by atoms with van der Waals surface area (Å²) in [5.74, 6) is -0.477. The Morgan fingerprint density at radius 3 is 2.95 bits per heavy atom. The molecule has 1 saturated carbocycles. The Hall–Kier alpha value is -0.750. The molecule has 4 nitrogen and oxygen atoms in total. The summed E-state index contributed by atoms with van der Waals surface area (Å²) >= 11 is 5.10. The lowest BCUT2D eigenvalue weighted by Crippen LogP contribution is -2.35. The third-order valence-corrected chi connectivity index (χ3v) is 5.02. The summed E-state index contributed by atoms with van der Waals surface area (Å²) < 4.78 is 0.681. The summed E-state index contributed by atoms with van der Waals surface area (Å²) in [4.78, 5) is 15.5. The number of carboxylic acid groups (broad SMARTS) is 1. The molecule has 0 amide bonds. The van der Waals surface area contributed by atoms with E-state index < -0.39 is 5.97 Å². The van der Waals surface area contributed by atoms with Crippen LogP contribution in [0.5, 0.6) is 0 Å². The van der Waals surface area contributed by atoms with Crippen LogP contribution in [-0.2, 0) is 0 Å². The number of halogens is 1. The van der Waals surface area contributed by atoms with Gasteiger partial charge in [0.1, 0.15) is 11.4 Å². The summed E-state index contributed by atoms with van der Waals surface area (Å²) in [6, 6.07) is 1.89. The second-order valence-electron chi connectivity index (χ2n) is 4.66. The SMILES string of the molecule is CSC1CCCCC1Nc1ncc(Br)cc1C(=O)O. The van der Waals surface area contributed by atoms with Crippen LogP contribution in [-0.4, -0.2) is 33.6 Å². The van der Waals surface area contributed by atoms with E-state index in [1.165, 1.54) is 19.3 Å². The van der Waals surface area contributed by atoms with Gasteiger partial charge in [-0.2, -0.15) is 11.8 Å². The highest BCUT2D eigenvalue weighted by atomic mass is 79.9. The second-order valence-corrected chi connectivity index (χ2v) is 6.66. The third-order valence-electron chi connectivity index (χ3n) is 3.41. The van der Waals surface area contributed by atoms with E-state index in [0.717, 1.165) is 6.42 Å². The van der Waals surface area contributed by atoms with E-state index in [4.69, 9.17) is 0 Å². The summed E-state index contributed by atoms with van der Waals surface area (Å²) in [7, 11) is 0. The fraction of sp³-hybridized carbons (Fsp3) is 0.538. The van der Waals surface area contributed by atoms with Crippen LogP contribution in [0.4, 0.5) is 5.82 Å². The Kier molecular flexibility index (Phi) is 5.10. The highest BCUT2D eigenvalue weighted by Crippen LogP contribution is 2.30. The standard InChI is InChI=1S/C13H17BrN2O2S/c1-19-11-5-3-2-4-10(11)16-12-9(13(17)18)6-8(14)7-15-12/h6-7,10-11H,2-5H2,1H3,(H,15,16)(H,17,18). The molecule has 104 valence electrons. The van der Waals surface area contributed by atoms with Crippen molar-refractivity contribution in [1.29, 1.82) is 0 Å². The summed E-state index contributed by atoms with van der Waals surface area (Å²) in [5.41, 5.74) is 0.222. The smallest absolute Gasteiger partial charge is 0.339 e. The van der Waals surface area contributed by atoms with E-state index in [1.54, 1.807) is 12.3 Å². The van der Waals surface area contributed by atoms with Crippen molar-refractivity contribution in [3.8, 4) is 0 Å². The number of aromatic carboxylic acids is 1. The molecule has 1 fully saturated rings. The number of anilines is 1. The van der Waals surface area contributed by atoms with E-state index in [-0.39, 0.29) is 5.56 Å². The summed E-state index contributed by atoms with van der Waals surface area (Å²) in [6.45, 7) is 0. The predicted octanol–water partition coefficient (Wildman–Crippen LogP) is 3.63. The number of nitrogens with one attached hydrogen (secondary N) is 1. The molecule has 0 bridgehead atoms. The van der Waals surface area contributed by atoms with Gasteiger partial charge in [0.15, 0.2) is 0 Å². The minimum absolute atomic E-state index is 0.222. The highest BCUT2D eigenvalue weighted by molar-refractivity contribution is 9.10. The van der Waals surface area contributed by atoms with Crippen molar-refractivity contribution in [3.05, 3.63) is 22.3 Å². The van der Waals surface area contributed by atoms with Crippen molar-refractivity contribution in [2.45, 2.75) is 37.0 Å². The Labute approximate surface area is 125 Å². The molecule has 2 atom stereocenters. The maximum atomic E-state index is 11.3. The van der Waals surface area contributed by atoms with Crippen LogP contribution >= 0.6 is 27.7 Å².